The van der Waals surface area contributed by atoms with Crippen LogP contribution in [0.1, 0.15) is 18.5 Å². The number of amides is 1. The molecule has 0 spiro atoms. The Morgan fingerprint density at radius 2 is 2.20 bits per heavy atom. The molecule has 134 valence electrons. The van der Waals surface area contributed by atoms with Crippen molar-refractivity contribution >= 4 is 16.7 Å². The molecule has 7 nitrogen and oxygen atoms in total. The van der Waals surface area contributed by atoms with E-state index in [1.54, 1.807) is 19.2 Å². The fourth-order valence-electron chi connectivity index (χ4n) is 3.38. The van der Waals surface area contributed by atoms with Gasteiger partial charge in [0.2, 0.25) is 5.91 Å². The Morgan fingerprint density at radius 1 is 1.40 bits per heavy atom. The van der Waals surface area contributed by atoms with E-state index in [2.05, 4.69) is 20.4 Å². The van der Waals surface area contributed by atoms with Crippen LogP contribution in [-0.4, -0.2) is 60.4 Å². The molecule has 1 saturated heterocycles. The molecule has 1 aromatic heterocycles. The summed E-state index contributed by atoms with van der Waals surface area (Å²) >= 11 is 0. The number of aromatic amines is 1. The zero-order chi connectivity index (χ0) is 17.6. The average Bonchev–Trinajstić information content (AvgIpc) is 3.08. The number of aromatic nitrogens is 2. The highest BCUT2D eigenvalue weighted by atomic mass is 16.5. The lowest BCUT2D eigenvalue weighted by molar-refractivity contribution is -0.120. The van der Waals surface area contributed by atoms with Gasteiger partial charge in [0.25, 0.3) is 5.56 Å². The molecule has 1 aromatic carbocycles. The molecule has 0 aliphatic carbocycles. The molecule has 2 N–H and O–H groups in total. The van der Waals surface area contributed by atoms with Crippen LogP contribution in [0.3, 0.4) is 0 Å². The van der Waals surface area contributed by atoms with Gasteiger partial charge in [0, 0.05) is 31.6 Å². The van der Waals surface area contributed by atoms with Crippen LogP contribution in [0.25, 0.3) is 10.8 Å². The third kappa shape index (κ3) is 4.24. The van der Waals surface area contributed by atoms with E-state index in [0.29, 0.717) is 30.3 Å². The lowest BCUT2D eigenvalue weighted by atomic mass is 10.1. The maximum absolute atomic E-state index is 12.3. The summed E-state index contributed by atoms with van der Waals surface area (Å²) in [6.07, 6.45) is 2.39. The molecule has 1 fully saturated rings. The molecule has 25 heavy (non-hydrogen) atoms. The van der Waals surface area contributed by atoms with Gasteiger partial charge >= 0.3 is 0 Å². The summed E-state index contributed by atoms with van der Waals surface area (Å²) in [6.45, 7) is 3.28. The third-order valence-electron chi connectivity index (χ3n) is 4.72. The Labute approximate surface area is 146 Å². The second-order valence-corrected chi connectivity index (χ2v) is 6.35. The van der Waals surface area contributed by atoms with Crippen LogP contribution in [0.2, 0.25) is 0 Å². The SMILES string of the molecule is COCCN1CCCC1CNC(=O)Cc1n[nH]c(=O)c2ccccc12. The first kappa shape index (κ1) is 17.6. The summed E-state index contributed by atoms with van der Waals surface area (Å²) < 4.78 is 5.14. The molecule has 1 amide bonds. The smallest absolute Gasteiger partial charge is 0.272 e. The Hall–Kier alpha value is -2.25. The molecule has 1 atom stereocenters. The van der Waals surface area contributed by atoms with Gasteiger partial charge in [-0.2, -0.15) is 5.10 Å². The zero-order valence-corrected chi connectivity index (χ0v) is 14.5. The summed E-state index contributed by atoms with van der Waals surface area (Å²) in [7, 11) is 1.70. The van der Waals surface area contributed by atoms with Gasteiger partial charge in [-0.1, -0.05) is 18.2 Å². The Balaban J connectivity index is 1.60. The van der Waals surface area contributed by atoms with Gasteiger partial charge in [-0.3, -0.25) is 14.5 Å². The largest absolute Gasteiger partial charge is 0.383 e. The first-order chi connectivity index (χ1) is 12.2. The minimum atomic E-state index is -0.237. The second-order valence-electron chi connectivity index (χ2n) is 6.35. The first-order valence-corrected chi connectivity index (χ1v) is 8.65. The van der Waals surface area contributed by atoms with E-state index in [-0.39, 0.29) is 17.9 Å². The Kier molecular flexibility index (Phi) is 5.78. The maximum atomic E-state index is 12.3. The monoisotopic (exact) mass is 344 g/mol. The minimum absolute atomic E-state index is 0.0803. The van der Waals surface area contributed by atoms with Crippen LogP contribution in [0.4, 0.5) is 0 Å². The normalized spacial score (nSPS) is 17.9. The molecule has 0 saturated carbocycles. The van der Waals surface area contributed by atoms with E-state index >= 15 is 0 Å². The fraction of sp³-hybridized carbons (Fsp3) is 0.500. The van der Waals surface area contributed by atoms with Crippen LogP contribution in [0, 0.1) is 0 Å². The van der Waals surface area contributed by atoms with Gasteiger partial charge in [-0.25, -0.2) is 5.10 Å². The van der Waals surface area contributed by atoms with Gasteiger partial charge in [0.05, 0.1) is 24.1 Å². The molecule has 0 radical (unpaired) electrons. The topological polar surface area (TPSA) is 87.3 Å². The lowest BCUT2D eigenvalue weighted by Crippen LogP contribution is -2.41. The van der Waals surface area contributed by atoms with Crippen molar-refractivity contribution in [1.82, 2.24) is 20.4 Å². The minimum Gasteiger partial charge on any atom is -0.383 e. The zero-order valence-electron chi connectivity index (χ0n) is 14.5. The van der Waals surface area contributed by atoms with Crippen molar-refractivity contribution in [3.05, 3.63) is 40.3 Å². The molecule has 0 bridgehead atoms. The molecular formula is C18H24N4O3. The van der Waals surface area contributed by atoms with Gasteiger partial charge in [-0.05, 0) is 25.5 Å². The predicted molar refractivity (Wildman–Crippen MR) is 95.5 cm³/mol. The lowest BCUT2D eigenvalue weighted by Gasteiger charge is -2.24. The molecule has 3 rings (SSSR count). The number of hydrogen-bond donors (Lipinski definition) is 2. The standard InChI is InChI=1S/C18H24N4O3/c1-25-10-9-22-8-4-5-13(22)12-19-17(23)11-16-14-6-2-3-7-15(14)18(24)21-20-16/h2-3,6-7,13H,4-5,8-12H2,1H3,(H,19,23)(H,21,24). The Morgan fingerprint density at radius 3 is 3.00 bits per heavy atom. The van der Waals surface area contributed by atoms with E-state index in [1.165, 1.54) is 0 Å². The van der Waals surface area contributed by atoms with Crippen LogP contribution < -0.4 is 10.9 Å². The van der Waals surface area contributed by atoms with Gasteiger partial charge in [-0.15, -0.1) is 0 Å². The number of carbonyl (C=O) groups is 1. The fourth-order valence-corrected chi connectivity index (χ4v) is 3.38. The summed E-state index contributed by atoms with van der Waals surface area (Å²) in [5, 5.41) is 10.8. The highest BCUT2D eigenvalue weighted by molar-refractivity contribution is 5.88. The quantitative estimate of drug-likeness (QED) is 0.772. The Bertz CT molecular complexity index is 789. The number of hydrogen-bond acceptors (Lipinski definition) is 5. The molecule has 1 unspecified atom stereocenters. The van der Waals surface area contributed by atoms with E-state index in [1.807, 2.05) is 12.1 Å². The van der Waals surface area contributed by atoms with Crippen LogP contribution >= 0.6 is 0 Å². The van der Waals surface area contributed by atoms with Crippen LogP contribution in [0.5, 0.6) is 0 Å². The van der Waals surface area contributed by atoms with Crippen molar-refractivity contribution in [1.29, 1.82) is 0 Å². The molecule has 2 aromatic rings. The van der Waals surface area contributed by atoms with Gasteiger partial charge in [0.1, 0.15) is 0 Å². The second kappa shape index (κ2) is 8.22. The van der Waals surface area contributed by atoms with Crippen molar-refractivity contribution in [3.8, 4) is 0 Å². The number of carbonyl (C=O) groups excluding carboxylic acids is 1. The summed E-state index contributed by atoms with van der Waals surface area (Å²) in [4.78, 5) is 26.5. The van der Waals surface area contributed by atoms with Crippen LogP contribution in [0.15, 0.2) is 29.1 Å². The number of nitrogens with zero attached hydrogens (tertiary/aromatic N) is 2. The summed E-state index contributed by atoms with van der Waals surface area (Å²) in [5.41, 5.74) is 0.356. The van der Waals surface area contributed by atoms with Crippen molar-refractivity contribution in [2.24, 2.45) is 0 Å². The summed E-state index contributed by atoms with van der Waals surface area (Å²) in [6, 6.07) is 7.57. The van der Waals surface area contributed by atoms with Crippen molar-refractivity contribution in [2.45, 2.75) is 25.3 Å². The van der Waals surface area contributed by atoms with E-state index in [0.717, 1.165) is 31.3 Å². The summed E-state index contributed by atoms with van der Waals surface area (Å²) in [5.74, 6) is -0.0803. The number of H-pyrrole nitrogens is 1. The predicted octanol–water partition coefficient (Wildman–Crippen LogP) is 0.693. The number of ether oxygens (including phenoxy) is 1. The van der Waals surface area contributed by atoms with Crippen molar-refractivity contribution < 1.29 is 9.53 Å². The van der Waals surface area contributed by atoms with Gasteiger partial charge in [0.15, 0.2) is 0 Å². The highest BCUT2D eigenvalue weighted by Crippen LogP contribution is 2.16. The van der Waals surface area contributed by atoms with Gasteiger partial charge < -0.3 is 10.1 Å². The number of likely N-dealkylation sites (tertiary alicyclic amines) is 1. The van der Waals surface area contributed by atoms with E-state index < -0.39 is 0 Å². The van der Waals surface area contributed by atoms with Crippen molar-refractivity contribution in [3.63, 3.8) is 0 Å². The highest BCUT2D eigenvalue weighted by Gasteiger charge is 2.24. The number of methoxy groups -OCH3 is 1. The van der Waals surface area contributed by atoms with E-state index in [4.69, 9.17) is 4.74 Å². The molecular weight excluding hydrogens is 320 g/mol. The van der Waals surface area contributed by atoms with Crippen LogP contribution in [-0.2, 0) is 16.0 Å². The average molecular weight is 344 g/mol. The van der Waals surface area contributed by atoms with Crippen molar-refractivity contribution in [2.75, 3.05) is 33.4 Å². The number of fused-ring (bicyclic) bond motifs is 1. The molecule has 2 heterocycles. The molecule has 7 heteroatoms. The number of nitrogens with one attached hydrogen (secondary N) is 2. The molecule has 1 aliphatic rings. The molecule has 1 aliphatic heterocycles. The third-order valence-corrected chi connectivity index (χ3v) is 4.72. The first-order valence-electron chi connectivity index (χ1n) is 8.65. The number of benzene rings is 1. The number of rotatable bonds is 7. The van der Waals surface area contributed by atoms with E-state index in [9.17, 15) is 9.59 Å². The maximum Gasteiger partial charge on any atom is 0.272 e.